The Morgan fingerprint density at radius 3 is 2.46 bits per heavy atom. The summed E-state index contributed by atoms with van der Waals surface area (Å²) in [5.74, 6) is -0.207. The topological polar surface area (TPSA) is 67.6 Å². The van der Waals surface area contributed by atoms with Crippen molar-refractivity contribution < 1.29 is 9.59 Å². The quantitative estimate of drug-likeness (QED) is 0.779. The summed E-state index contributed by atoms with van der Waals surface area (Å²) >= 11 is 0. The van der Waals surface area contributed by atoms with Crippen molar-refractivity contribution in [2.24, 2.45) is 5.92 Å². The van der Waals surface area contributed by atoms with Gasteiger partial charge in [0.05, 0.1) is 17.6 Å². The highest BCUT2D eigenvalue weighted by Gasteiger charge is 2.34. The van der Waals surface area contributed by atoms with E-state index in [-0.39, 0.29) is 17.7 Å². The number of hydrogen-bond donors (Lipinski definition) is 0. The molecule has 1 atom stereocenters. The fraction of sp³-hybridized carbons (Fsp3) is 0.500. The van der Waals surface area contributed by atoms with Crippen molar-refractivity contribution in [2.75, 3.05) is 40.8 Å². The van der Waals surface area contributed by atoms with Crippen LogP contribution in [0, 0.1) is 17.2 Å². The summed E-state index contributed by atoms with van der Waals surface area (Å²) in [6.45, 7) is 2.36. The number of rotatable bonds is 6. The molecule has 0 aliphatic carbocycles. The van der Waals surface area contributed by atoms with E-state index in [1.165, 1.54) is 0 Å². The molecular weight excluding hydrogens is 304 g/mol. The summed E-state index contributed by atoms with van der Waals surface area (Å²) in [6.07, 6.45) is 0.293. The monoisotopic (exact) mass is 328 g/mol. The van der Waals surface area contributed by atoms with Gasteiger partial charge in [-0.25, -0.2) is 0 Å². The number of carbonyl (C=O) groups is 2. The predicted octanol–water partition coefficient (Wildman–Crippen LogP) is 0.927. The number of carbonyl (C=O) groups excluding carboxylic acids is 2. The minimum Gasteiger partial charge on any atom is -0.345 e. The van der Waals surface area contributed by atoms with Crippen molar-refractivity contribution in [3.8, 4) is 6.07 Å². The van der Waals surface area contributed by atoms with Gasteiger partial charge in [0.15, 0.2) is 0 Å². The van der Waals surface area contributed by atoms with E-state index < -0.39 is 0 Å². The van der Waals surface area contributed by atoms with Gasteiger partial charge in [0.2, 0.25) is 11.8 Å². The Hall–Kier alpha value is -2.39. The van der Waals surface area contributed by atoms with E-state index in [1.807, 2.05) is 36.0 Å². The molecule has 1 heterocycles. The van der Waals surface area contributed by atoms with Crippen LogP contribution in [0.2, 0.25) is 0 Å². The van der Waals surface area contributed by atoms with Crippen LogP contribution in [0.4, 0.5) is 0 Å². The van der Waals surface area contributed by atoms with Crippen LogP contribution in [0.15, 0.2) is 24.3 Å². The van der Waals surface area contributed by atoms with Crippen LogP contribution in [0.3, 0.4) is 0 Å². The number of likely N-dealkylation sites (N-methyl/N-ethyl adjacent to an activating group) is 1. The Balaban J connectivity index is 2.09. The molecule has 0 saturated carbocycles. The fourth-order valence-corrected chi connectivity index (χ4v) is 2.78. The van der Waals surface area contributed by atoms with Gasteiger partial charge in [-0.3, -0.25) is 9.59 Å². The average Bonchev–Trinajstić information content (AvgIpc) is 2.90. The third kappa shape index (κ3) is 4.56. The van der Waals surface area contributed by atoms with Gasteiger partial charge in [0, 0.05) is 39.6 Å². The van der Waals surface area contributed by atoms with Crippen LogP contribution in [0.1, 0.15) is 17.5 Å². The molecule has 1 fully saturated rings. The maximum atomic E-state index is 12.9. The molecule has 0 bridgehead atoms. The first-order valence-corrected chi connectivity index (χ1v) is 8.07. The van der Waals surface area contributed by atoms with Crippen molar-refractivity contribution in [1.29, 1.82) is 5.26 Å². The van der Waals surface area contributed by atoms with Gasteiger partial charge in [-0.2, -0.15) is 5.26 Å². The van der Waals surface area contributed by atoms with E-state index in [0.29, 0.717) is 31.6 Å². The second kappa shape index (κ2) is 7.93. The highest BCUT2D eigenvalue weighted by atomic mass is 16.2. The number of amides is 2. The Labute approximate surface area is 143 Å². The zero-order valence-electron chi connectivity index (χ0n) is 14.5. The Kier molecular flexibility index (Phi) is 5.93. The molecule has 2 rings (SSSR count). The predicted molar refractivity (Wildman–Crippen MR) is 90.9 cm³/mol. The van der Waals surface area contributed by atoms with Crippen LogP contribution in [0.25, 0.3) is 0 Å². The zero-order valence-corrected chi connectivity index (χ0v) is 14.5. The van der Waals surface area contributed by atoms with Gasteiger partial charge in [0.1, 0.15) is 0 Å². The molecule has 0 radical (unpaired) electrons. The second-order valence-electron chi connectivity index (χ2n) is 6.55. The standard InChI is InChI=1S/C18H24N4O2/c1-20(2)8-9-22(12-15-6-4-14(11-19)5-7-15)18(24)16-10-17(23)21(3)13-16/h4-7,16H,8-10,12-13H2,1-3H3/t16-/m0/s1. The minimum absolute atomic E-state index is 0.0268. The fourth-order valence-electron chi connectivity index (χ4n) is 2.78. The largest absolute Gasteiger partial charge is 0.345 e. The van der Waals surface area contributed by atoms with Crippen LogP contribution in [-0.2, 0) is 16.1 Å². The van der Waals surface area contributed by atoms with E-state index in [1.54, 1.807) is 24.1 Å². The molecule has 1 aliphatic rings. The van der Waals surface area contributed by atoms with Crippen molar-refractivity contribution in [1.82, 2.24) is 14.7 Å². The number of benzene rings is 1. The number of likely N-dealkylation sites (tertiary alicyclic amines) is 1. The molecule has 128 valence electrons. The lowest BCUT2D eigenvalue weighted by molar-refractivity contribution is -0.136. The van der Waals surface area contributed by atoms with Crippen LogP contribution < -0.4 is 0 Å². The Morgan fingerprint density at radius 1 is 1.29 bits per heavy atom. The first-order valence-electron chi connectivity index (χ1n) is 8.07. The summed E-state index contributed by atoms with van der Waals surface area (Å²) in [4.78, 5) is 30.0. The maximum absolute atomic E-state index is 12.9. The molecule has 1 saturated heterocycles. The van der Waals surface area contributed by atoms with Crippen molar-refractivity contribution in [3.63, 3.8) is 0 Å². The Bertz CT molecular complexity index is 633. The summed E-state index contributed by atoms with van der Waals surface area (Å²) in [6, 6.07) is 9.37. The van der Waals surface area contributed by atoms with Crippen LogP contribution in [0.5, 0.6) is 0 Å². The Morgan fingerprint density at radius 2 is 1.96 bits per heavy atom. The van der Waals surface area contributed by atoms with Crippen LogP contribution in [-0.4, -0.2) is 67.3 Å². The molecule has 1 aliphatic heterocycles. The summed E-state index contributed by atoms with van der Waals surface area (Å²) in [5.41, 5.74) is 1.59. The molecule has 0 spiro atoms. The minimum atomic E-state index is -0.261. The van der Waals surface area contributed by atoms with Crippen LogP contribution >= 0.6 is 0 Å². The van der Waals surface area contributed by atoms with E-state index in [2.05, 4.69) is 6.07 Å². The average molecular weight is 328 g/mol. The lowest BCUT2D eigenvalue weighted by Gasteiger charge is -2.27. The van der Waals surface area contributed by atoms with E-state index in [9.17, 15) is 9.59 Å². The van der Waals surface area contributed by atoms with Crippen molar-refractivity contribution >= 4 is 11.8 Å². The lowest BCUT2D eigenvalue weighted by Crippen LogP contribution is -2.40. The lowest BCUT2D eigenvalue weighted by atomic mass is 10.1. The molecule has 24 heavy (non-hydrogen) atoms. The van der Waals surface area contributed by atoms with E-state index in [4.69, 9.17) is 5.26 Å². The molecule has 0 aromatic heterocycles. The van der Waals surface area contributed by atoms with E-state index >= 15 is 0 Å². The first kappa shape index (κ1) is 18.0. The molecule has 6 heteroatoms. The zero-order chi connectivity index (χ0) is 17.7. The second-order valence-corrected chi connectivity index (χ2v) is 6.55. The maximum Gasteiger partial charge on any atom is 0.228 e. The third-order valence-electron chi connectivity index (χ3n) is 4.28. The van der Waals surface area contributed by atoms with Gasteiger partial charge >= 0.3 is 0 Å². The summed E-state index contributed by atoms with van der Waals surface area (Å²) < 4.78 is 0. The molecular formula is C18H24N4O2. The summed E-state index contributed by atoms with van der Waals surface area (Å²) in [7, 11) is 5.68. The molecule has 6 nitrogen and oxygen atoms in total. The van der Waals surface area contributed by atoms with Gasteiger partial charge in [-0.05, 0) is 31.8 Å². The van der Waals surface area contributed by atoms with Gasteiger partial charge in [0.25, 0.3) is 0 Å². The first-order chi connectivity index (χ1) is 11.4. The third-order valence-corrected chi connectivity index (χ3v) is 4.28. The van der Waals surface area contributed by atoms with Gasteiger partial charge in [-0.1, -0.05) is 12.1 Å². The molecule has 1 aromatic rings. The highest BCUT2D eigenvalue weighted by Crippen LogP contribution is 2.20. The number of hydrogen-bond acceptors (Lipinski definition) is 4. The molecule has 0 N–H and O–H groups in total. The normalized spacial score (nSPS) is 17.2. The van der Waals surface area contributed by atoms with Crippen molar-refractivity contribution in [3.05, 3.63) is 35.4 Å². The van der Waals surface area contributed by atoms with Gasteiger partial charge in [-0.15, -0.1) is 0 Å². The molecule has 1 aromatic carbocycles. The molecule has 0 unspecified atom stereocenters. The summed E-state index contributed by atoms with van der Waals surface area (Å²) in [5, 5.41) is 8.88. The number of nitriles is 1. The highest BCUT2D eigenvalue weighted by molar-refractivity contribution is 5.89. The molecule has 2 amide bonds. The SMILES string of the molecule is CN(C)CCN(Cc1ccc(C#N)cc1)C(=O)[C@H]1CC(=O)N(C)C1. The smallest absolute Gasteiger partial charge is 0.228 e. The van der Waals surface area contributed by atoms with E-state index in [0.717, 1.165) is 12.1 Å². The van der Waals surface area contributed by atoms with Crippen molar-refractivity contribution in [2.45, 2.75) is 13.0 Å². The van der Waals surface area contributed by atoms with Gasteiger partial charge < -0.3 is 14.7 Å². The number of nitrogens with zero attached hydrogens (tertiary/aromatic N) is 4.